The summed E-state index contributed by atoms with van der Waals surface area (Å²) >= 11 is 0. The largest absolute Gasteiger partial charge is 0.480 e. The first-order valence-corrected chi connectivity index (χ1v) is 6.16. The molecule has 4 heteroatoms. The van der Waals surface area contributed by atoms with Gasteiger partial charge in [-0.15, -0.1) is 0 Å². The van der Waals surface area contributed by atoms with E-state index in [2.05, 4.69) is 18.7 Å². The molecule has 1 atom stereocenters. The van der Waals surface area contributed by atoms with Gasteiger partial charge in [-0.25, -0.2) is 0 Å². The fourth-order valence-electron chi connectivity index (χ4n) is 2.40. The van der Waals surface area contributed by atoms with E-state index in [1.54, 1.807) is 0 Å². The Balaban J connectivity index is 2.43. The Labute approximate surface area is 98.2 Å². The van der Waals surface area contributed by atoms with Crippen LogP contribution in [0.1, 0.15) is 33.1 Å². The van der Waals surface area contributed by atoms with Crippen molar-refractivity contribution in [2.24, 2.45) is 0 Å². The molecule has 0 bridgehead atoms. The van der Waals surface area contributed by atoms with Crippen molar-refractivity contribution in [3.05, 3.63) is 0 Å². The van der Waals surface area contributed by atoms with Gasteiger partial charge in [0.2, 0.25) is 0 Å². The fourth-order valence-corrected chi connectivity index (χ4v) is 2.40. The highest BCUT2D eigenvalue weighted by atomic mass is 16.4. The summed E-state index contributed by atoms with van der Waals surface area (Å²) in [4.78, 5) is 15.1. The van der Waals surface area contributed by atoms with Gasteiger partial charge >= 0.3 is 5.97 Å². The molecule has 0 aromatic carbocycles. The third-order valence-electron chi connectivity index (χ3n) is 3.47. The molecular weight excluding hydrogens is 204 g/mol. The molecule has 0 spiro atoms. The summed E-state index contributed by atoms with van der Waals surface area (Å²) in [6, 6.07) is 1.03. The minimum atomic E-state index is -0.729. The van der Waals surface area contributed by atoms with E-state index in [1.807, 2.05) is 11.9 Å². The van der Waals surface area contributed by atoms with E-state index in [-0.39, 0.29) is 6.54 Å². The van der Waals surface area contributed by atoms with Crippen molar-refractivity contribution in [1.82, 2.24) is 9.80 Å². The number of aliphatic carboxylic acids is 1. The SMILES string of the molecule is CC(C)N1CCCC(N(C)CC(=O)O)CC1. The highest BCUT2D eigenvalue weighted by Crippen LogP contribution is 2.17. The van der Waals surface area contributed by atoms with Crippen LogP contribution in [0.3, 0.4) is 0 Å². The molecule has 94 valence electrons. The Morgan fingerprint density at radius 1 is 1.44 bits per heavy atom. The summed E-state index contributed by atoms with van der Waals surface area (Å²) in [6.07, 6.45) is 3.38. The van der Waals surface area contributed by atoms with Gasteiger partial charge in [-0.3, -0.25) is 9.69 Å². The lowest BCUT2D eigenvalue weighted by molar-refractivity contribution is -0.138. The fraction of sp³-hybridized carbons (Fsp3) is 0.917. The number of nitrogens with zero attached hydrogens (tertiary/aromatic N) is 2. The zero-order valence-corrected chi connectivity index (χ0v) is 10.6. The second kappa shape index (κ2) is 6.21. The van der Waals surface area contributed by atoms with Crippen LogP contribution in [-0.2, 0) is 4.79 Å². The quantitative estimate of drug-likeness (QED) is 0.787. The van der Waals surface area contributed by atoms with E-state index in [1.165, 1.54) is 6.42 Å². The molecule has 1 rings (SSSR count). The molecule has 0 aromatic heterocycles. The predicted octanol–water partition coefficient (Wildman–Crippen LogP) is 1.27. The molecule has 1 N–H and O–H groups in total. The maximum atomic E-state index is 10.7. The van der Waals surface area contributed by atoms with Crippen LogP contribution in [-0.4, -0.2) is 59.6 Å². The molecule has 0 amide bonds. The van der Waals surface area contributed by atoms with Crippen molar-refractivity contribution in [1.29, 1.82) is 0 Å². The van der Waals surface area contributed by atoms with Crippen LogP contribution in [0, 0.1) is 0 Å². The molecule has 0 aliphatic carbocycles. The summed E-state index contributed by atoms with van der Waals surface area (Å²) in [5.41, 5.74) is 0. The average molecular weight is 228 g/mol. The lowest BCUT2D eigenvalue weighted by atomic mass is 10.1. The van der Waals surface area contributed by atoms with Gasteiger partial charge in [0, 0.05) is 12.1 Å². The first kappa shape index (κ1) is 13.5. The van der Waals surface area contributed by atoms with Crippen molar-refractivity contribution in [2.45, 2.75) is 45.2 Å². The summed E-state index contributed by atoms with van der Waals surface area (Å²) in [5, 5.41) is 8.77. The smallest absolute Gasteiger partial charge is 0.317 e. The topological polar surface area (TPSA) is 43.8 Å². The molecule has 1 aliphatic rings. The summed E-state index contributed by atoms with van der Waals surface area (Å²) in [6.45, 7) is 6.84. The normalized spacial score (nSPS) is 23.7. The average Bonchev–Trinajstić information content (AvgIpc) is 2.41. The number of hydrogen-bond donors (Lipinski definition) is 1. The number of rotatable bonds is 4. The van der Waals surface area contributed by atoms with Crippen LogP contribution >= 0.6 is 0 Å². The minimum absolute atomic E-state index is 0.159. The van der Waals surface area contributed by atoms with E-state index in [0.29, 0.717) is 12.1 Å². The Bertz CT molecular complexity index is 231. The molecule has 16 heavy (non-hydrogen) atoms. The van der Waals surface area contributed by atoms with Crippen LogP contribution in [0.25, 0.3) is 0 Å². The van der Waals surface area contributed by atoms with Gasteiger partial charge in [0.1, 0.15) is 0 Å². The highest BCUT2D eigenvalue weighted by molar-refractivity contribution is 5.69. The van der Waals surface area contributed by atoms with Gasteiger partial charge < -0.3 is 10.0 Å². The van der Waals surface area contributed by atoms with Gasteiger partial charge in [0.15, 0.2) is 0 Å². The van der Waals surface area contributed by atoms with E-state index in [4.69, 9.17) is 5.11 Å². The monoisotopic (exact) mass is 228 g/mol. The van der Waals surface area contributed by atoms with Gasteiger partial charge in [0.05, 0.1) is 6.54 Å². The maximum absolute atomic E-state index is 10.7. The van der Waals surface area contributed by atoms with Crippen molar-refractivity contribution < 1.29 is 9.90 Å². The summed E-state index contributed by atoms with van der Waals surface area (Å²) in [5.74, 6) is -0.729. The van der Waals surface area contributed by atoms with Crippen LogP contribution < -0.4 is 0 Å². The molecule has 1 aliphatic heterocycles. The van der Waals surface area contributed by atoms with Crippen molar-refractivity contribution in [3.8, 4) is 0 Å². The molecular formula is C12H24N2O2. The first-order valence-electron chi connectivity index (χ1n) is 6.16. The third kappa shape index (κ3) is 4.10. The van der Waals surface area contributed by atoms with Crippen molar-refractivity contribution in [3.63, 3.8) is 0 Å². The third-order valence-corrected chi connectivity index (χ3v) is 3.47. The zero-order chi connectivity index (χ0) is 12.1. The van der Waals surface area contributed by atoms with Crippen molar-refractivity contribution in [2.75, 3.05) is 26.7 Å². The number of hydrogen-bond acceptors (Lipinski definition) is 3. The molecule has 1 unspecified atom stereocenters. The Kier molecular flexibility index (Phi) is 5.22. The number of likely N-dealkylation sites (N-methyl/N-ethyl adjacent to an activating group) is 1. The lowest BCUT2D eigenvalue weighted by Gasteiger charge is -2.27. The van der Waals surface area contributed by atoms with Crippen LogP contribution in [0.4, 0.5) is 0 Å². The minimum Gasteiger partial charge on any atom is -0.480 e. The molecule has 0 aromatic rings. The predicted molar refractivity (Wildman–Crippen MR) is 64.6 cm³/mol. The van der Waals surface area contributed by atoms with E-state index in [9.17, 15) is 4.79 Å². The Morgan fingerprint density at radius 3 is 2.69 bits per heavy atom. The maximum Gasteiger partial charge on any atom is 0.317 e. The second-order valence-electron chi connectivity index (χ2n) is 5.02. The van der Waals surface area contributed by atoms with Gasteiger partial charge in [-0.1, -0.05) is 0 Å². The van der Waals surface area contributed by atoms with Gasteiger partial charge in [-0.05, 0) is 53.2 Å². The van der Waals surface area contributed by atoms with E-state index < -0.39 is 5.97 Å². The summed E-state index contributed by atoms with van der Waals surface area (Å²) < 4.78 is 0. The molecule has 0 radical (unpaired) electrons. The number of likely N-dealkylation sites (tertiary alicyclic amines) is 1. The van der Waals surface area contributed by atoms with Gasteiger partial charge in [-0.2, -0.15) is 0 Å². The Morgan fingerprint density at radius 2 is 2.12 bits per heavy atom. The van der Waals surface area contributed by atoms with E-state index in [0.717, 1.165) is 25.9 Å². The standard InChI is InChI=1S/C12H24N2O2/c1-10(2)14-7-4-5-11(6-8-14)13(3)9-12(15)16/h10-11H,4-9H2,1-3H3,(H,15,16). The molecule has 4 nitrogen and oxygen atoms in total. The van der Waals surface area contributed by atoms with Crippen LogP contribution in [0.2, 0.25) is 0 Å². The molecule has 1 saturated heterocycles. The van der Waals surface area contributed by atoms with Crippen LogP contribution in [0.5, 0.6) is 0 Å². The molecule has 1 fully saturated rings. The second-order valence-corrected chi connectivity index (χ2v) is 5.02. The highest BCUT2D eigenvalue weighted by Gasteiger charge is 2.22. The number of carboxylic acids is 1. The van der Waals surface area contributed by atoms with Crippen molar-refractivity contribution >= 4 is 5.97 Å². The number of carbonyl (C=O) groups is 1. The van der Waals surface area contributed by atoms with Crippen LogP contribution in [0.15, 0.2) is 0 Å². The Hall–Kier alpha value is -0.610. The lowest BCUT2D eigenvalue weighted by Crippen LogP contribution is -2.37. The van der Waals surface area contributed by atoms with E-state index >= 15 is 0 Å². The molecule has 0 saturated carbocycles. The number of carboxylic acid groups (broad SMARTS) is 1. The zero-order valence-electron chi connectivity index (χ0n) is 10.6. The summed E-state index contributed by atoms with van der Waals surface area (Å²) in [7, 11) is 1.92. The first-order chi connectivity index (χ1) is 7.50. The molecule has 1 heterocycles. The van der Waals surface area contributed by atoms with Gasteiger partial charge in [0.25, 0.3) is 0 Å².